The van der Waals surface area contributed by atoms with Crippen molar-refractivity contribution in [1.29, 1.82) is 0 Å². The molecule has 2 aliphatic heterocycles. The molecular formula is C22H23F3N4O3. The molecule has 0 spiro atoms. The molecule has 1 aromatic carbocycles. The number of alkyl halides is 3. The standard InChI is InChI=1S/C22H23F3N4O3/c23-22(24,25)10-20(30)28-9-7-19(14-28)32-18-5-3-17(4-6-18)27-21(31)29-12-16(13-29)15-2-1-8-26-11-15/h1-6,8,11,16,19H,7,9-10,12-14H2,(H,27,31)/t19-/m1/s1. The van der Waals surface area contributed by atoms with Crippen LogP contribution in [0.25, 0.3) is 0 Å². The number of halogens is 3. The Hall–Kier alpha value is -3.30. The summed E-state index contributed by atoms with van der Waals surface area (Å²) in [5.41, 5.74) is 1.73. The minimum atomic E-state index is -4.51. The van der Waals surface area contributed by atoms with Crippen molar-refractivity contribution in [3.8, 4) is 5.75 Å². The Labute approximate surface area is 183 Å². The van der Waals surface area contributed by atoms with Crippen LogP contribution in [0.3, 0.4) is 0 Å². The molecule has 2 saturated heterocycles. The number of carbonyl (C=O) groups is 2. The van der Waals surface area contributed by atoms with E-state index < -0.39 is 18.5 Å². The molecular weight excluding hydrogens is 425 g/mol. The third kappa shape index (κ3) is 5.49. The van der Waals surface area contributed by atoms with E-state index in [0.29, 0.717) is 36.9 Å². The zero-order chi connectivity index (χ0) is 22.7. The zero-order valence-corrected chi connectivity index (χ0v) is 17.2. The molecule has 3 heterocycles. The van der Waals surface area contributed by atoms with Crippen molar-refractivity contribution in [1.82, 2.24) is 14.8 Å². The first kappa shape index (κ1) is 21.9. The lowest BCUT2D eigenvalue weighted by Crippen LogP contribution is -2.50. The van der Waals surface area contributed by atoms with Crippen molar-refractivity contribution < 1.29 is 27.5 Å². The van der Waals surface area contributed by atoms with Crippen molar-refractivity contribution in [3.63, 3.8) is 0 Å². The number of nitrogens with one attached hydrogen (secondary N) is 1. The van der Waals surface area contributed by atoms with Gasteiger partial charge >= 0.3 is 12.2 Å². The second kappa shape index (κ2) is 9.05. The molecule has 2 aromatic rings. The van der Waals surface area contributed by atoms with Gasteiger partial charge in [0, 0.05) is 50.1 Å². The Kier molecular flexibility index (Phi) is 6.20. The summed E-state index contributed by atoms with van der Waals surface area (Å²) in [6.45, 7) is 1.62. The molecule has 0 unspecified atom stereocenters. The average Bonchev–Trinajstić information content (AvgIpc) is 3.17. The number of aromatic nitrogens is 1. The highest BCUT2D eigenvalue weighted by molar-refractivity contribution is 5.90. The number of amides is 3. The van der Waals surface area contributed by atoms with Crippen molar-refractivity contribution in [2.24, 2.45) is 0 Å². The summed E-state index contributed by atoms with van der Waals surface area (Å²) < 4.78 is 43.0. The molecule has 0 bridgehead atoms. The number of nitrogens with zero attached hydrogens (tertiary/aromatic N) is 3. The predicted octanol–water partition coefficient (Wildman–Crippen LogP) is 3.65. The van der Waals surface area contributed by atoms with Gasteiger partial charge in [-0.15, -0.1) is 0 Å². The molecule has 32 heavy (non-hydrogen) atoms. The second-order valence-corrected chi connectivity index (χ2v) is 8.00. The Morgan fingerprint density at radius 3 is 2.50 bits per heavy atom. The second-order valence-electron chi connectivity index (χ2n) is 8.00. The maximum Gasteiger partial charge on any atom is 0.397 e. The highest BCUT2D eigenvalue weighted by atomic mass is 19.4. The maximum atomic E-state index is 12.4. The van der Waals surface area contributed by atoms with Crippen LogP contribution < -0.4 is 10.1 Å². The van der Waals surface area contributed by atoms with Crippen LogP contribution in [0.4, 0.5) is 23.7 Å². The minimum absolute atomic E-state index is 0.125. The van der Waals surface area contributed by atoms with Gasteiger partial charge in [-0.1, -0.05) is 6.07 Å². The van der Waals surface area contributed by atoms with Crippen LogP contribution in [0, 0.1) is 0 Å². The fourth-order valence-electron chi connectivity index (χ4n) is 3.82. The normalized spacial score (nSPS) is 18.9. The summed E-state index contributed by atoms with van der Waals surface area (Å²) in [4.78, 5) is 31.1. The number of benzene rings is 1. The number of likely N-dealkylation sites (tertiary alicyclic amines) is 2. The molecule has 2 aliphatic rings. The van der Waals surface area contributed by atoms with Crippen LogP contribution in [0.2, 0.25) is 0 Å². The number of pyridine rings is 1. The maximum absolute atomic E-state index is 12.4. The number of hydrogen-bond acceptors (Lipinski definition) is 4. The number of urea groups is 1. The highest BCUT2D eigenvalue weighted by Crippen LogP contribution is 2.28. The Morgan fingerprint density at radius 2 is 1.84 bits per heavy atom. The van der Waals surface area contributed by atoms with E-state index in [1.165, 1.54) is 4.90 Å². The lowest BCUT2D eigenvalue weighted by atomic mass is 9.93. The van der Waals surface area contributed by atoms with Crippen LogP contribution in [-0.2, 0) is 4.79 Å². The average molecular weight is 448 g/mol. The van der Waals surface area contributed by atoms with Crippen molar-refractivity contribution in [2.75, 3.05) is 31.5 Å². The van der Waals surface area contributed by atoms with E-state index >= 15 is 0 Å². The van der Waals surface area contributed by atoms with E-state index in [0.717, 1.165) is 5.56 Å². The fraction of sp³-hybridized carbons (Fsp3) is 0.409. The minimum Gasteiger partial charge on any atom is -0.489 e. The topological polar surface area (TPSA) is 74.8 Å². The number of ether oxygens (including phenoxy) is 1. The lowest BCUT2D eigenvalue weighted by molar-refractivity contribution is -0.160. The summed E-state index contributed by atoms with van der Waals surface area (Å²) in [5.74, 6) is -0.114. The smallest absolute Gasteiger partial charge is 0.397 e. The molecule has 1 aromatic heterocycles. The molecule has 3 amide bonds. The van der Waals surface area contributed by atoms with E-state index in [4.69, 9.17) is 4.74 Å². The molecule has 4 rings (SSSR count). The van der Waals surface area contributed by atoms with Gasteiger partial charge in [0.1, 0.15) is 18.3 Å². The Balaban J connectivity index is 1.22. The van der Waals surface area contributed by atoms with Gasteiger partial charge in [-0.2, -0.15) is 13.2 Å². The van der Waals surface area contributed by atoms with Crippen molar-refractivity contribution >= 4 is 17.6 Å². The molecule has 1 N–H and O–H groups in total. The first-order chi connectivity index (χ1) is 15.3. The van der Waals surface area contributed by atoms with Crippen LogP contribution in [0.5, 0.6) is 5.75 Å². The number of carbonyl (C=O) groups excluding carboxylic acids is 2. The zero-order valence-electron chi connectivity index (χ0n) is 17.2. The van der Waals surface area contributed by atoms with E-state index in [-0.39, 0.29) is 25.2 Å². The van der Waals surface area contributed by atoms with Gasteiger partial charge in [0.15, 0.2) is 0 Å². The quantitative estimate of drug-likeness (QED) is 0.758. The van der Waals surface area contributed by atoms with Crippen LogP contribution >= 0.6 is 0 Å². The molecule has 0 saturated carbocycles. The highest BCUT2D eigenvalue weighted by Gasteiger charge is 2.36. The van der Waals surface area contributed by atoms with Crippen molar-refractivity contribution in [3.05, 3.63) is 54.4 Å². The van der Waals surface area contributed by atoms with Gasteiger partial charge < -0.3 is 19.9 Å². The third-order valence-electron chi connectivity index (χ3n) is 5.58. The molecule has 2 fully saturated rings. The first-order valence-corrected chi connectivity index (χ1v) is 10.3. The van der Waals surface area contributed by atoms with Gasteiger partial charge in [-0.05, 0) is 35.9 Å². The summed E-state index contributed by atoms with van der Waals surface area (Å²) in [7, 11) is 0. The van der Waals surface area contributed by atoms with Gasteiger partial charge in [0.05, 0.1) is 6.54 Å². The van der Waals surface area contributed by atoms with Gasteiger partial charge in [-0.25, -0.2) is 4.79 Å². The summed E-state index contributed by atoms with van der Waals surface area (Å²) in [6, 6.07) is 10.5. The third-order valence-corrected chi connectivity index (χ3v) is 5.58. The first-order valence-electron chi connectivity index (χ1n) is 10.3. The van der Waals surface area contributed by atoms with Gasteiger partial charge in [0.2, 0.25) is 5.91 Å². The van der Waals surface area contributed by atoms with E-state index in [1.807, 2.05) is 18.3 Å². The molecule has 7 nitrogen and oxygen atoms in total. The molecule has 170 valence electrons. The lowest BCUT2D eigenvalue weighted by Gasteiger charge is -2.39. The molecule has 0 aliphatic carbocycles. The molecule has 1 atom stereocenters. The number of anilines is 1. The monoisotopic (exact) mass is 448 g/mol. The van der Waals surface area contributed by atoms with Crippen LogP contribution in [-0.4, -0.2) is 65.2 Å². The van der Waals surface area contributed by atoms with Gasteiger partial charge in [0.25, 0.3) is 0 Å². The number of rotatable bonds is 5. The van der Waals surface area contributed by atoms with E-state index in [2.05, 4.69) is 10.3 Å². The fourth-order valence-corrected chi connectivity index (χ4v) is 3.82. The van der Waals surface area contributed by atoms with Crippen LogP contribution in [0.15, 0.2) is 48.8 Å². The van der Waals surface area contributed by atoms with Gasteiger partial charge in [-0.3, -0.25) is 9.78 Å². The largest absolute Gasteiger partial charge is 0.489 e. The van der Waals surface area contributed by atoms with E-state index in [1.54, 1.807) is 35.4 Å². The summed E-state index contributed by atoms with van der Waals surface area (Å²) >= 11 is 0. The predicted molar refractivity (Wildman–Crippen MR) is 110 cm³/mol. The van der Waals surface area contributed by atoms with Crippen molar-refractivity contribution in [2.45, 2.75) is 31.0 Å². The SMILES string of the molecule is O=C(CC(F)(F)F)N1CC[C@@H](Oc2ccc(NC(=O)N3CC(c4cccnc4)C3)cc2)C1. The molecule has 0 radical (unpaired) electrons. The number of hydrogen-bond donors (Lipinski definition) is 1. The summed E-state index contributed by atoms with van der Waals surface area (Å²) in [5, 5.41) is 2.84. The summed E-state index contributed by atoms with van der Waals surface area (Å²) in [6.07, 6.45) is -2.32. The Bertz CT molecular complexity index is 947. The Morgan fingerprint density at radius 1 is 1.09 bits per heavy atom. The van der Waals surface area contributed by atoms with E-state index in [9.17, 15) is 22.8 Å². The van der Waals surface area contributed by atoms with Crippen LogP contribution in [0.1, 0.15) is 24.3 Å². The molecule has 10 heteroatoms.